The predicted octanol–water partition coefficient (Wildman–Crippen LogP) is 4.72. The van der Waals surface area contributed by atoms with Crippen LogP contribution in [-0.4, -0.2) is 27.6 Å². The Labute approximate surface area is 165 Å². The Balaban J connectivity index is 2.17. The lowest BCUT2D eigenvalue weighted by molar-refractivity contribution is 0.415. The van der Waals surface area contributed by atoms with Crippen molar-refractivity contribution in [2.24, 2.45) is 0 Å². The number of ether oxygens (including phenoxy) is 1. The summed E-state index contributed by atoms with van der Waals surface area (Å²) in [6.45, 7) is 0. The van der Waals surface area contributed by atoms with Gasteiger partial charge in [0.05, 0.1) is 23.5 Å². The van der Waals surface area contributed by atoms with Crippen LogP contribution in [0.15, 0.2) is 65.7 Å². The molecule has 0 fully saturated rings. The van der Waals surface area contributed by atoms with Gasteiger partial charge in [-0.25, -0.2) is 4.98 Å². The maximum atomic E-state index is 11.6. The zero-order valence-electron chi connectivity index (χ0n) is 15.0. The molecule has 1 heterocycles. The standard InChI is InChI=1S/C21H18N2O2S2/c1-25-17-10-8-16(9-11-17)20-12-18(15-6-4-3-5-7-15)19(13-22)21(23-20)26-14-27(2)24/h3-12H,14H2,1-2H3. The molecule has 0 N–H and O–H groups in total. The minimum Gasteiger partial charge on any atom is -0.497 e. The molecule has 0 aliphatic carbocycles. The summed E-state index contributed by atoms with van der Waals surface area (Å²) in [5.41, 5.74) is 3.97. The van der Waals surface area contributed by atoms with Crippen molar-refractivity contribution in [2.45, 2.75) is 5.03 Å². The molecule has 0 spiro atoms. The first kappa shape index (κ1) is 19.2. The van der Waals surface area contributed by atoms with Crippen LogP contribution in [0.5, 0.6) is 5.75 Å². The number of nitrogens with zero attached hydrogens (tertiary/aromatic N) is 2. The average Bonchev–Trinajstić information content (AvgIpc) is 2.72. The third-order valence-electron chi connectivity index (χ3n) is 3.93. The number of rotatable bonds is 6. The highest BCUT2D eigenvalue weighted by Crippen LogP contribution is 2.34. The molecule has 27 heavy (non-hydrogen) atoms. The van der Waals surface area contributed by atoms with Crippen LogP contribution in [0, 0.1) is 11.3 Å². The van der Waals surface area contributed by atoms with Crippen LogP contribution in [0.25, 0.3) is 22.4 Å². The molecule has 1 atom stereocenters. The monoisotopic (exact) mass is 394 g/mol. The van der Waals surface area contributed by atoms with Crippen molar-refractivity contribution < 1.29 is 8.95 Å². The first-order valence-corrected chi connectivity index (χ1v) is 10.9. The normalized spacial score (nSPS) is 11.6. The van der Waals surface area contributed by atoms with Crippen LogP contribution >= 0.6 is 11.8 Å². The van der Waals surface area contributed by atoms with E-state index in [2.05, 4.69) is 6.07 Å². The second-order valence-corrected chi connectivity index (χ2v) is 8.54. The second-order valence-electron chi connectivity index (χ2n) is 5.78. The lowest BCUT2D eigenvalue weighted by Gasteiger charge is -2.12. The molecule has 6 heteroatoms. The lowest BCUT2D eigenvalue weighted by Crippen LogP contribution is -1.98. The van der Waals surface area contributed by atoms with E-state index in [9.17, 15) is 9.47 Å². The van der Waals surface area contributed by atoms with Gasteiger partial charge in [0.1, 0.15) is 16.8 Å². The van der Waals surface area contributed by atoms with E-state index in [4.69, 9.17) is 9.72 Å². The molecule has 3 rings (SSSR count). The molecule has 1 aromatic heterocycles. The third kappa shape index (κ3) is 4.57. The van der Waals surface area contributed by atoms with Gasteiger partial charge in [0.2, 0.25) is 0 Å². The van der Waals surface area contributed by atoms with E-state index in [1.54, 1.807) is 13.4 Å². The first-order chi connectivity index (χ1) is 13.1. The van der Waals surface area contributed by atoms with Crippen LogP contribution in [0.4, 0.5) is 0 Å². The van der Waals surface area contributed by atoms with Crippen molar-refractivity contribution in [3.63, 3.8) is 0 Å². The molecule has 3 aromatic rings. The summed E-state index contributed by atoms with van der Waals surface area (Å²) in [5.74, 6) is 0.770. The highest BCUT2D eigenvalue weighted by Gasteiger charge is 2.16. The smallest absolute Gasteiger partial charge is 0.118 e. The van der Waals surface area contributed by atoms with Crippen molar-refractivity contribution in [1.29, 1.82) is 5.26 Å². The third-order valence-corrected chi connectivity index (χ3v) is 6.30. The number of hydrogen-bond donors (Lipinski definition) is 0. The molecule has 0 saturated carbocycles. The molecule has 0 aliphatic rings. The van der Waals surface area contributed by atoms with Gasteiger partial charge in [-0.05, 0) is 35.9 Å². The zero-order chi connectivity index (χ0) is 19.2. The van der Waals surface area contributed by atoms with Gasteiger partial charge in [-0.15, -0.1) is 0 Å². The van der Waals surface area contributed by atoms with Gasteiger partial charge < -0.3 is 4.74 Å². The van der Waals surface area contributed by atoms with Gasteiger partial charge in [-0.2, -0.15) is 5.26 Å². The molecule has 136 valence electrons. The Hall–Kier alpha value is -2.62. The number of nitriles is 1. The van der Waals surface area contributed by atoms with Crippen molar-refractivity contribution >= 4 is 22.6 Å². The summed E-state index contributed by atoms with van der Waals surface area (Å²) in [7, 11) is 0.641. The number of pyridine rings is 1. The van der Waals surface area contributed by atoms with Gasteiger partial charge in [0.25, 0.3) is 0 Å². The number of benzene rings is 2. The van der Waals surface area contributed by atoms with Crippen LogP contribution < -0.4 is 4.74 Å². The Kier molecular flexibility index (Phi) is 6.28. The topological polar surface area (TPSA) is 63.0 Å². The van der Waals surface area contributed by atoms with Gasteiger partial charge in [-0.1, -0.05) is 42.1 Å². The summed E-state index contributed by atoms with van der Waals surface area (Å²) >= 11 is 1.35. The Bertz CT molecular complexity index is 997. The number of methoxy groups -OCH3 is 1. The molecule has 0 saturated heterocycles. The minimum atomic E-state index is -0.986. The summed E-state index contributed by atoms with van der Waals surface area (Å²) in [6.07, 6.45) is 1.64. The molecular formula is C21H18N2O2S2. The van der Waals surface area contributed by atoms with Gasteiger partial charge >= 0.3 is 0 Å². The largest absolute Gasteiger partial charge is 0.497 e. The van der Waals surface area contributed by atoms with E-state index < -0.39 is 10.8 Å². The maximum Gasteiger partial charge on any atom is 0.118 e. The highest BCUT2D eigenvalue weighted by molar-refractivity contribution is 8.10. The molecular weight excluding hydrogens is 376 g/mol. The van der Waals surface area contributed by atoms with Crippen LogP contribution in [0.1, 0.15) is 5.56 Å². The first-order valence-electron chi connectivity index (χ1n) is 8.20. The number of thioether (sulfide) groups is 1. The second kappa shape index (κ2) is 8.85. The fourth-order valence-corrected chi connectivity index (χ4v) is 4.20. The summed E-state index contributed by atoms with van der Waals surface area (Å²) in [5, 5.41) is 10.7. The highest BCUT2D eigenvalue weighted by atomic mass is 32.2. The van der Waals surface area contributed by atoms with E-state index >= 15 is 0 Å². The number of aromatic nitrogens is 1. The quantitative estimate of drug-likeness (QED) is 0.566. The zero-order valence-corrected chi connectivity index (χ0v) is 16.6. The molecule has 2 aromatic carbocycles. The van der Waals surface area contributed by atoms with Crippen molar-refractivity contribution in [2.75, 3.05) is 18.5 Å². The van der Waals surface area contributed by atoms with E-state index in [1.165, 1.54) is 11.8 Å². The van der Waals surface area contributed by atoms with Gasteiger partial charge in [0.15, 0.2) is 0 Å². The summed E-state index contributed by atoms with van der Waals surface area (Å²) in [4.78, 5) is 4.69. The molecule has 1 unspecified atom stereocenters. The van der Waals surface area contributed by atoms with Gasteiger partial charge in [-0.3, -0.25) is 4.21 Å². The van der Waals surface area contributed by atoms with Gasteiger partial charge in [0, 0.05) is 28.2 Å². The van der Waals surface area contributed by atoms with E-state index in [-0.39, 0.29) is 0 Å². The predicted molar refractivity (Wildman–Crippen MR) is 111 cm³/mol. The Morgan fingerprint density at radius 2 is 1.81 bits per heavy atom. The van der Waals surface area contributed by atoms with Crippen LogP contribution in [0.2, 0.25) is 0 Å². The SMILES string of the molecule is COc1ccc(-c2cc(-c3ccccc3)c(C#N)c(SCS(C)=O)n2)cc1. The minimum absolute atomic E-state index is 0.391. The van der Waals surface area contributed by atoms with Crippen molar-refractivity contribution in [1.82, 2.24) is 4.98 Å². The molecule has 0 aliphatic heterocycles. The van der Waals surface area contributed by atoms with Crippen molar-refractivity contribution in [3.05, 3.63) is 66.2 Å². The van der Waals surface area contributed by atoms with E-state index in [0.717, 1.165) is 28.1 Å². The molecule has 0 radical (unpaired) electrons. The fourth-order valence-electron chi connectivity index (χ4n) is 2.63. The van der Waals surface area contributed by atoms with E-state index in [1.807, 2.05) is 60.7 Å². The number of hydrogen-bond acceptors (Lipinski definition) is 5. The van der Waals surface area contributed by atoms with Crippen LogP contribution in [0.3, 0.4) is 0 Å². The lowest BCUT2D eigenvalue weighted by atomic mass is 9.99. The fraction of sp³-hybridized carbons (Fsp3) is 0.143. The maximum absolute atomic E-state index is 11.6. The Morgan fingerprint density at radius 1 is 1.11 bits per heavy atom. The molecule has 0 amide bonds. The Morgan fingerprint density at radius 3 is 2.41 bits per heavy atom. The molecule has 0 bridgehead atoms. The van der Waals surface area contributed by atoms with Crippen LogP contribution in [-0.2, 0) is 10.8 Å². The summed E-state index contributed by atoms with van der Waals surface area (Å²) in [6, 6.07) is 21.6. The summed E-state index contributed by atoms with van der Waals surface area (Å²) < 4.78 is 16.8. The molecule has 4 nitrogen and oxygen atoms in total. The van der Waals surface area contributed by atoms with E-state index in [0.29, 0.717) is 15.7 Å². The van der Waals surface area contributed by atoms with Crippen molar-refractivity contribution in [3.8, 4) is 34.2 Å². The average molecular weight is 395 g/mol.